The Morgan fingerprint density at radius 2 is 1.89 bits per heavy atom. The molecule has 0 aromatic heterocycles. The molecule has 6 nitrogen and oxygen atoms in total. The van der Waals surface area contributed by atoms with Crippen LogP contribution in [0.25, 0.3) is 0 Å². The van der Waals surface area contributed by atoms with Crippen LogP contribution < -0.4 is 14.4 Å². The average Bonchev–Trinajstić information content (AvgIpc) is 2.65. The topological polar surface area (TPSA) is 75.7 Å². The number of amides is 1. The van der Waals surface area contributed by atoms with Gasteiger partial charge in [0.2, 0.25) is 10.0 Å². The number of fused-ring (bicyclic) bond motifs is 1. The van der Waals surface area contributed by atoms with Gasteiger partial charge >= 0.3 is 0 Å². The molecule has 28 heavy (non-hydrogen) atoms. The number of benzene rings is 2. The first kappa shape index (κ1) is 20.2. The minimum Gasteiger partial charge on any atom is -0.484 e. The van der Waals surface area contributed by atoms with E-state index in [0.717, 1.165) is 18.4 Å². The zero-order valence-corrected chi connectivity index (χ0v) is 17.3. The molecule has 0 bridgehead atoms. The molecule has 0 atom stereocenters. The fourth-order valence-corrected chi connectivity index (χ4v) is 4.25. The molecule has 0 saturated heterocycles. The number of hydrogen-bond acceptors (Lipinski definition) is 4. The number of hydrogen-bond donors (Lipinski definition) is 1. The Kier molecular flexibility index (Phi) is 5.93. The molecule has 0 spiro atoms. The Hall–Kier alpha value is -2.54. The van der Waals surface area contributed by atoms with Crippen LogP contribution in [0.2, 0.25) is 0 Å². The lowest BCUT2D eigenvalue weighted by molar-refractivity contribution is -0.118. The van der Waals surface area contributed by atoms with Gasteiger partial charge in [-0.15, -0.1) is 0 Å². The highest BCUT2D eigenvalue weighted by atomic mass is 32.2. The molecule has 2 aromatic carbocycles. The summed E-state index contributed by atoms with van der Waals surface area (Å²) in [5.41, 5.74) is 3.37. The third kappa shape index (κ3) is 4.84. The Balaban J connectivity index is 1.64. The van der Waals surface area contributed by atoms with Gasteiger partial charge in [-0.3, -0.25) is 9.10 Å². The number of carbonyl (C=O) groups is 1. The number of carbonyl (C=O) groups excluding carboxylic acids is 1. The molecule has 0 fully saturated rings. The quantitative estimate of drug-likeness (QED) is 0.802. The number of nitrogens with one attached hydrogen (secondary N) is 1. The van der Waals surface area contributed by atoms with Gasteiger partial charge in [0.15, 0.2) is 6.61 Å². The van der Waals surface area contributed by atoms with E-state index in [1.54, 1.807) is 12.1 Å². The number of ether oxygens (including phenoxy) is 1. The van der Waals surface area contributed by atoms with Gasteiger partial charge in [-0.2, -0.15) is 0 Å². The Labute approximate surface area is 166 Å². The van der Waals surface area contributed by atoms with Gasteiger partial charge in [-0.1, -0.05) is 32.0 Å². The first-order chi connectivity index (χ1) is 13.2. The third-order valence-electron chi connectivity index (χ3n) is 4.76. The maximum atomic E-state index is 12.2. The van der Waals surface area contributed by atoms with Crippen LogP contribution in [-0.2, 0) is 21.2 Å². The van der Waals surface area contributed by atoms with E-state index < -0.39 is 10.0 Å². The minimum atomic E-state index is -3.34. The summed E-state index contributed by atoms with van der Waals surface area (Å²) in [4.78, 5) is 12.2. The SMILES string of the molecule is CC(C)c1ccc(OCC(=O)Nc2ccc3c(c2)N(S(C)(=O)=O)CCC3)cc1. The summed E-state index contributed by atoms with van der Waals surface area (Å²) < 4.78 is 31.0. The lowest BCUT2D eigenvalue weighted by Crippen LogP contribution is -2.34. The summed E-state index contributed by atoms with van der Waals surface area (Å²) in [7, 11) is -3.34. The van der Waals surface area contributed by atoms with Crippen molar-refractivity contribution >= 4 is 27.3 Å². The summed E-state index contributed by atoms with van der Waals surface area (Å²) in [5, 5.41) is 2.78. The molecule has 150 valence electrons. The predicted molar refractivity (Wildman–Crippen MR) is 112 cm³/mol. The lowest BCUT2D eigenvalue weighted by atomic mass is 10.0. The second-order valence-electron chi connectivity index (χ2n) is 7.34. The summed E-state index contributed by atoms with van der Waals surface area (Å²) in [6, 6.07) is 13.1. The Morgan fingerprint density at radius 3 is 2.54 bits per heavy atom. The van der Waals surface area contributed by atoms with Gasteiger partial charge in [-0.25, -0.2) is 8.42 Å². The van der Waals surface area contributed by atoms with Crippen LogP contribution in [-0.4, -0.2) is 33.7 Å². The fourth-order valence-electron chi connectivity index (χ4n) is 3.26. The molecule has 1 amide bonds. The van der Waals surface area contributed by atoms with Crippen LogP contribution in [0, 0.1) is 0 Å². The van der Waals surface area contributed by atoms with E-state index >= 15 is 0 Å². The average molecular weight is 403 g/mol. The van der Waals surface area contributed by atoms with Gasteiger partial charge in [-0.05, 0) is 54.2 Å². The first-order valence-electron chi connectivity index (χ1n) is 9.37. The number of aryl methyl sites for hydroxylation is 1. The minimum absolute atomic E-state index is 0.117. The first-order valence-corrected chi connectivity index (χ1v) is 11.2. The van der Waals surface area contributed by atoms with Crippen molar-refractivity contribution in [2.45, 2.75) is 32.6 Å². The van der Waals surface area contributed by atoms with Crippen molar-refractivity contribution in [3.05, 3.63) is 53.6 Å². The van der Waals surface area contributed by atoms with Crippen LogP contribution in [0.3, 0.4) is 0 Å². The highest BCUT2D eigenvalue weighted by Gasteiger charge is 2.24. The molecule has 2 aromatic rings. The zero-order valence-electron chi connectivity index (χ0n) is 16.4. The summed E-state index contributed by atoms with van der Waals surface area (Å²) >= 11 is 0. The smallest absolute Gasteiger partial charge is 0.262 e. The van der Waals surface area contributed by atoms with Crippen LogP contribution in [0.15, 0.2) is 42.5 Å². The maximum absolute atomic E-state index is 12.2. The van der Waals surface area contributed by atoms with E-state index in [1.165, 1.54) is 16.1 Å². The molecule has 0 radical (unpaired) electrons. The molecule has 1 N–H and O–H groups in total. The number of sulfonamides is 1. The fraction of sp³-hybridized carbons (Fsp3) is 0.381. The van der Waals surface area contributed by atoms with Crippen LogP contribution in [0.1, 0.15) is 37.3 Å². The van der Waals surface area contributed by atoms with Gasteiger partial charge in [0.05, 0.1) is 11.9 Å². The maximum Gasteiger partial charge on any atom is 0.262 e. The lowest BCUT2D eigenvalue weighted by Gasteiger charge is -2.29. The molecule has 7 heteroatoms. The third-order valence-corrected chi connectivity index (χ3v) is 5.94. The molecular formula is C21H26N2O4S. The molecule has 1 aliphatic heterocycles. The number of anilines is 2. The van der Waals surface area contributed by atoms with Crippen molar-refractivity contribution in [1.82, 2.24) is 0 Å². The zero-order chi connectivity index (χ0) is 20.3. The van der Waals surface area contributed by atoms with E-state index in [0.29, 0.717) is 29.6 Å². The van der Waals surface area contributed by atoms with E-state index in [9.17, 15) is 13.2 Å². The van der Waals surface area contributed by atoms with Gasteiger partial charge in [0, 0.05) is 12.2 Å². The van der Waals surface area contributed by atoms with Crippen LogP contribution in [0.5, 0.6) is 5.75 Å². The van der Waals surface area contributed by atoms with E-state index in [2.05, 4.69) is 19.2 Å². The predicted octanol–water partition coefficient (Wildman–Crippen LogP) is 3.54. The standard InChI is InChI=1S/C21H26N2O4S/c1-15(2)16-7-10-19(11-8-16)27-14-21(24)22-18-9-6-17-5-4-12-23(20(17)13-18)28(3,25)26/h6-11,13,15H,4-5,12,14H2,1-3H3,(H,22,24). The van der Waals surface area contributed by atoms with Crippen LogP contribution >= 0.6 is 0 Å². The van der Waals surface area contributed by atoms with Crippen molar-refractivity contribution in [3.63, 3.8) is 0 Å². The molecule has 3 rings (SSSR count). The Bertz CT molecular complexity index is 953. The highest BCUT2D eigenvalue weighted by Crippen LogP contribution is 2.31. The van der Waals surface area contributed by atoms with E-state index in [1.807, 2.05) is 30.3 Å². The van der Waals surface area contributed by atoms with Gasteiger partial charge < -0.3 is 10.1 Å². The summed E-state index contributed by atoms with van der Waals surface area (Å²) in [5.74, 6) is 0.774. The van der Waals surface area contributed by atoms with Crippen molar-refractivity contribution < 1.29 is 17.9 Å². The molecular weight excluding hydrogens is 376 g/mol. The second kappa shape index (κ2) is 8.22. The van der Waals surface area contributed by atoms with Crippen molar-refractivity contribution in [1.29, 1.82) is 0 Å². The summed E-state index contributed by atoms with van der Waals surface area (Å²) in [6.45, 7) is 4.58. The number of rotatable bonds is 6. The van der Waals surface area contributed by atoms with Gasteiger partial charge in [0.25, 0.3) is 5.91 Å². The van der Waals surface area contributed by atoms with Crippen molar-refractivity contribution in [2.24, 2.45) is 0 Å². The van der Waals surface area contributed by atoms with Gasteiger partial charge in [0.1, 0.15) is 5.75 Å². The largest absolute Gasteiger partial charge is 0.484 e. The molecule has 1 aliphatic rings. The van der Waals surface area contributed by atoms with Crippen molar-refractivity contribution in [3.8, 4) is 5.75 Å². The normalized spacial score (nSPS) is 13.9. The van der Waals surface area contributed by atoms with E-state index in [-0.39, 0.29) is 12.5 Å². The highest BCUT2D eigenvalue weighted by molar-refractivity contribution is 7.92. The number of nitrogens with zero attached hydrogens (tertiary/aromatic N) is 1. The summed E-state index contributed by atoms with van der Waals surface area (Å²) in [6.07, 6.45) is 2.81. The second-order valence-corrected chi connectivity index (χ2v) is 9.25. The molecule has 0 unspecified atom stereocenters. The van der Waals surface area contributed by atoms with Crippen molar-refractivity contribution in [2.75, 3.05) is 29.0 Å². The monoisotopic (exact) mass is 402 g/mol. The molecule has 0 aliphatic carbocycles. The van der Waals surface area contributed by atoms with E-state index in [4.69, 9.17) is 4.74 Å². The molecule has 0 saturated carbocycles. The van der Waals surface area contributed by atoms with Crippen LogP contribution in [0.4, 0.5) is 11.4 Å². The molecule has 1 heterocycles. The Morgan fingerprint density at radius 1 is 1.18 bits per heavy atom.